The van der Waals surface area contributed by atoms with Crippen LogP contribution in [0.1, 0.15) is 66.2 Å². The van der Waals surface area contributed by atoms with Gasteiger partial charge in [0.25, 0.3) is 0 Å². The number of carboxylic acids is 2. The van der Waals surface area contributed by atoms with Crippen LogP contribution in [0.4, 0.5) is 0 Å². The monoisotopic (exact) mass is 298 g/mol. The molecule has 0 aromatic rings. The molecule has 0 saturated heterocycles. The van der Waals surface area contributed by atoms with E-state index in [-0.39, 0.29) is 57.8 Å². The summed E-state index contributed by atoms with van der Waals surface area (Å²) in [6, 6.07) is 0. The summed E-state index contributed by atoms with van der Waals surface area (Å²) in [5, 5.41) is 18.7. The van der Waals surface area contributed by atoms with Gasteiger partial charge in [-0.25, -0.2) is 0 Å². The first-order chi connectivity index (χ1) is 8.20. The molecule has 0 saturated carbocycles. The number of unbranched alkanes of at least 4 members (excludes halogenated alkanes) is 4. The molecule has 0 bridgehead atoms. The summed E-state index contributed by atoms with van der Waals surface area (Å²) in [5.41, 5.74) is -2.48. The van der Waals surface area contributed by atoms with Crippen molar-refractivity contribution in [2.45, 2.75) is 66.2 Å². The summed E-state index contributed by atoms with van der Waals surface area (Å²) >= 11 is 0. The number of hydrogen-bond donors (Lipinski definition) is 2. The fourth-order valence-corrected chi connectivity index (χ4v) is 2.32. The van der Waals surface area contributed by atoms with E-state index in [1.54, 1.807) is 20.8 Å². The van der Waals surface area contributed by atoms with Crippen LogP contribution in [-0.4, -0.2) is 73.5 Å². The molecule has 0 heterocycles. The maximum absolute atomic E-state index is 11.4. The zero-order chi connectivity index (χ0) is 14.4. The summed E-state index contributed by atoms with van der Waals surface area (Å²) in [4.78, 5) is 22.9. The third-order valence-corrected chi connectivity index (χ3v) is 3.67. The molecule has 19 heavy (non-hydrogen) atoms. The Hall–Kier alpha value is 0.576. The first-order valence-corrected chi connectivity index (χ1v) is 6.67. The molecule has 0 spiro atoms. The van der Waals surface area contributed by atoms with Gasteiger partial charge >= 0.3 is 63.3 Å². The molecule has 0 aliphatic heterocycles. The van der Waals surface area contributed by atoms with Crippen molar-refractivity contribution >= 4 is 63.3 Å². The molecule has 0 fully saturated rings. The number of aliphatic carboxylic acids is 2. The van der Waals surface area contributed by atoms with Crippen molar-refractivity contribution in [2.75, 3.05) is 0 Å². The van der Waals surface area contributed by atoms with Crippen LogP contribution in [-0.2, 0) is 9.59 Å². The number of hydrogen-bond acceptors (Lipinski definition) is 2. The van der Waals surface area contributed by atoms with Crippen molar-refractivity contribution in [3.05, 3.63) is 0 Å². The van der Waals surface area contributed by atoms with E-state index in [2.05, 4.69) is 6.92 Å². The Morgan fingerprint density at radius 1 is 0.895 bits per heavy atom. The van der Waals surface area contributed by atoms with Crippen LogP contribution < -0.4 is 0 Å². The Balaban J connectivity index is 0. The van der Waals surface area contributed by atoms with Crippen molar-refractivity contribution < 1.29 is 19.8 Å². The van der Waals surface area contributed by atoms with E-state index in [0.717, 1.165) is 25.7 Å². The first-order valence-electron chi connectivity index (χ1n) is 6.67. The van der Waals surface area contributed by atoms with Crippen LogP contribution in [0.5, 0.6) is 0 Å². The summed E-state index contributed by atoms with van der Waals surface area (Å²) in [7, 11) is 0. The van der Waals surface area contributed by atoms with Crippen LogP contribution in [0.25, 0.3) is 0 Å². The van der Waals surface area contributed by atoms with Crippen LogP contribution in [0.15, 0.2) is 0 Å². The van der Waals surface area contributed by atoms with Gasteiger partial charge in [0, 0.05) is 0 Å². The third-order valence-electron chi connectivity index (χ3n) is 3.67. The summed E-state index contributed by atoms with van der Waals surface area (Å²) in [6.45, 7) is 7.15. The summed E-state index contributed by atoms with van der Waals surface area (Å²) in [6.07, 6.45) is 5.01. The van der Waals surface area contributed by atoms with E-state index in [1.807, 2.05) is 0 Å². The van der Waals surface area contributed by atoms with Gasteiger partial charge in [-0.15, -0.1) is 0 Å². The van der Waals surface area contributed by atoms with Gasteiger partial charge in [-0.2, -0.15) is 0 Å². The topological polar surface area (TPSA) is 74.6 Å². The Bertz CT molecular complexity index is 280. The molecule has 0 unspecified atom stereocenters. The Kier molecular flexibility index (Phi) is 10.9. The van der Waals surface area contributed by atoms with Crippen molar-refractivity contribution in [2.24, 2.45) is 10.8 Å². The Morgan fingerprint density at radius 3 is 1.63 bits per heavy atom. The SMILES string of the molecule is CCCCCCCC(C(=O)O)(C(=O)O)C(C)(C)C.[KH]. The second kappa shape index (κ2) is 9.50. The molecule has 0 aliphatic rings. The average molecular weight is 298 g/mol. The predicted molar refractivity (Wildman–Crippen MR) is 77.7 cm³/mol. The fourth-order valence-electron chi connectivity index (χ4n) is 2.32. The molecule has 0 aromatic carbocycles. The Labute approximate surface area is 158 Å². The van der Waals surface area contributed by atoms with E-state index >= 15 is 0 Å². The molecular weight excluding hydrogens is 271 g/mol. The quantitative estimate of drug-likeness (QED) is 0.410. The minimum atomic E-state index is -1.68. The van der Waals surface area contributed by atoms with Gasteiger partial charge in [0.2, 0.25) is 0 Å². The molecule has 0 rings (SSSR count). The van der Waals surface area contributed by atoms with Gasteiger partial charge in [0.15, 0.2) is 5.41 Å². The second-order valence-electron chi connectivity index (χ2n) is 5.93. The van der Waals surface area contributed by atoms with Gasteiger partial charge in [-0.1, -0.05) is 59.8 Å². The van der Waals surface area contributed by atoms with Crippen LogP contribution in [0, 0.1) is 10.8 Å². The molecule has 5 heteroatoms. The van der Waals surface area contributed by atoms with Crippen molar-refractivity contribution in [1.29, 1.82) is 0 Å². The molecular formula is C14H27KO4. The van der Waals surface area contributed by atoms with Crippen LogP contribution >= 0.6 is 0 Å². The zero-order valence-electron chi connectivity index (χ0n) is 12.0. The van der Waals surface area contributed by atoms with Crippen molar-refractivity contribution in [3.8, 4) is 0 Å². The fraction of sp³-hybridized carbons (Fsp3) is 0.857. The molecule has 0 radical (unpaired) electrons. The average Bonchev–Trinajstić information content (AvgIpc) is 2.20. The van der Waals surface area contributed by atoms with E-state index in [9.17, 15) is 19.8 Å². The van der Waals surface area contributed by atoms with Gasteiger partial charge in [-0.05, 0) is 11.8 Å². The standard InChI is InChI=1S/C14H26O4.K.H/c1-5-6-7-8-9-10-14(11(15)16,12(17)18)13(2,3)4;;/h5-10H2,1-4H3,(H,15,16)(H,17,18);;. The van der Waals surface area contributed by atoms with Gasteiger partial charge in [0.05, 0.1) is 0 Å². The first kappa shape index (κ1) is 21.9. The Morgan fingerprint density at radius 2 is 1.32 bits per heavy atom. The van der Waals surface area contributed by atoms with Crippen LogP contribution in [0.3, 0.4) is 0 Å². The summed E-state index contributed by atoms with van der Waals surface area (Å²) in [5.74, 6) is -2.45. The summed E-state index contributed by atoms with van der Waals surface area (Å²) < 4.78 is 0. The van der Waals surface area contributed by atoms with E-state index in [0.29, 0.717) is 6.42 Å². The molecule has 4 nitrogen and oxygen atoms in total. The zero-order valence-corrected chi connectivity index (χ0v) is 12.0. The number of rotatable bonds is 8. The van der Waals surface area contributed by atoms with Crippen molar-refractivity contribution in [3.63, 3.8) is 0 Å². The second-order valence-corrected chi connectivity index (χ2v) is 5.93. The van der Waals surface area contributed by atoms with E-state index in [1.165, 1.54) is 0 Å². The van der Waals surface area contributed by atoms with Gasteiger partial charge < -0.3 is 10.2 Å². The normalized spacial score (nSPS) is 11.8. The van der Waals surface area contributed by atoms with E-state index in [4.69, 9.17) is 0 Å². The predicted octanol–water partition coefficient (Wildman–Crippen LogP) is 2.90. The van der Waals surface area contributed by atoms with E-state index < -0.39 is 22.8 Å². The van der Waals surface area contributed by atoms with Crippen molar-refractivity contribution in [1.82, 2.24) is 0 Å². The molecule has 108 valence electrons. The molecule has 0 aromatic heterocycles. The third kappa shape index (κ3) is 5.84. The minimum absolute atomic E-state index is 0. The molecule has 2 N–H and O–H groups in total. The van der Waals surface area contributed by atoms with Gasteiger partial charge in [-0.3, -0.25) is 9.59 Å². The molecule has 0 amide bonds. The molecule has 0 aliphatic carbocycles. The van der Waals surface area contributed by atoms with Gasteiger partial charge in [0.1, 0.15) is 0 Å². The maximum atomic E-state index is 11.4. The number of carboxylic acid groups (broad SMARTS) is 2. The van der Waals surface area contributed by atoms with Crippen LogP contribution in [0.2, 0.25) is 0 Å². The number of carbonyl (C=O) groups is 2. The molecule has 0 atom stereocenters.